The Morgan fingerprint density at radius 2 is 1.86 bits per heavy atom. The Hall–Kier alpha value is -2.13. The monoisotopic (exact) mass is 313 g/mol. The van der Waals surface area contributed by atoms with Crippen LogP contribution in [-0.2, 0) is 14.8 Å². The maximum Gasteiger partial charge on any atom is 0.269 e. The lowest BCUT2D eigenvalue weighted by Crippen LogP contribution is -2.30. The zero-order valence-corrected chi connectivity index (χ0v) is 12.4. The largest absolute Gasteiger partial charge is 0.296 e. The predicted molar refractivity (Wildman–Crippen MR) is 76.9 cm³/mol. The van der Waals surface area contributed by atoms with Crippen molar-refractivity contribution in [2.75, 3.05) is 13.1 Å². The molecule has 0 aliphatic carbocycles. The molecule has 0 atom stereocenters. The van der Waals surface area contributed by atoms with Crippen molar-refractivity contribution in [3.8, 4) is 0 Å². The maximum absolute atomic E-state index is 11.9. The molecule has 0 aromatic heterocycles. The Balaban J connectivity index is 2.71. The SMILES string of the molecule is CC(C)=NCC(=O)CNS(=O)(=O)c1ccc([N+](=O)[O-])cc1. The second kappa shape index (κ2) is 7.04. The van der Waals surface area contributed by atoms with Crippen LogP contribution >= 0.6 is 0 Å². The van der Waals surface area contributed by atoms with Crippen LogP contribution in [-0.4, -0.2) is 37.9 Å². The number of nitro groups is 1. The zero-order valence-electron chi connectivity index (χ0n) is 11.6. The number of aliphatic imine (C=N–C) groups is 1. The van der Waals surface area contributed by atoms with E-state index >= 15 is 0 Å². The Morgan fingerprint density at radius 3 is 2.33 bits per heavy atom. The van der Waals surface area contributed by atoms with Crippen molar-refractivity contribution in [2.24, 2.45) is 4.99 Å². The van der Waals surface area contributed by atoms with Gasteiger partial charge < -0.3 is 0 Å². The first-order valence-electron chi connectivity index (χ1n) is 5.96. The van der Waals surface area contributed by atoms with E-state index in [9.17, 15) is 23.3 Å². The lowest BCUT2D eigenvalue weighted by Gasteiger charge is -2.05. The molecule has 0 bridgehead atoms. The van der Waals surface area contributed by atoms with Gasteiger partial charge in [0.15, 0.2) is 5.78 Å². The molecule has 1 rings (SSSR count). The summed E-state index contributed by atoms with van der Waals surface area (Å²) in [6.45, 7) is 2.99. The van der Waals surface area contributed by atoms with Crippen LogP contribution < -0.4 is 4.72 Å². The average molecular weight is 313 g/mol. The minimum Gasteiger partial charge on any atom is -0.296 e. The Morgan fingerprint density at radius 1 is 1.29 bits per heavy atom. The lowest BCUT2D eigenvalue weighted by molar-refractivity contribution is -0.384. The molecule has 8 nitrogen and oxygen atoms in total. The summed E-state index contributed by atoms with van der Waals surface area (Å²) in [4.78, 5) is 25.1. The van der Waals surface area contributed by atoms with E-state index in [1.54, 1.807) is 13.8 Å². The minimum atomic E-state index is -3.88. The van der Waals surface area contributed by atoms with Crippen molar-refractivity contribution in [3.63, 3.8) is 0 Å². The Kier molecular flexibility index (Phi) is 5.68. The highest BCUT2D eigenvalue weighted by Crippen LogP contribution is 2.15. The first kappa shape index (κ1) is 16.9. The highest BCUT2D eigenvalue weighted by atomic mass is 32.2. The molecular formula is C12H15N3O5S. The number of sulfonamides is 1. The van der Waals surface area contributed by atoms with Crippen LogP contribution in [0.2, 0.25) is 0 Å². The lowest BCUT2D eigenvalue weighted by atomic mass is 10.3. The number of nitro benzene ring substituents is 1. The highest BCUT2D eigenvalue weighted by molar-refractivity contribution is 7.89. The van der Waals surface area contributed by atoms with Crippen molar-refractivity contribution in [2.45, 2.75) is 18.7 Å². The predicted octanol–water partition coefficient (Wildman–Crippen LogP) is 0.923. The van der Waals surface area contributed by atoms with Gasteiger partial charge in [0.1, 0.15) is 0 Å². The van der Waals surface area contributed by atoms with Gasteiger partial charge in [-0.2, -0.15) is 0 Å². The summed E-state index contributed by atoms with van der Waals surface area (Å²) >= 11 is 0. The van der Waals surface area contributed by atoms with Crippen LogP contribution in [0, 0.1) is 10.1 Å². The van der Waals surface area contributed by atoms with Gasteiger partial charge in [0, 0.05) is 17.8 Å². The summed E-state index contributed by atoms with van der Waals surface area (Å²) in [5, 5.41) is 10.5. The summed E-state index contributed by atoms with van der Waals surface area (Å²) in [6.07, 6.45) is 0. The molecule has 0 spiro atoms. The Bertz CT molecular complexity index is 661. The third kappa shape index (κ3) is 5.40. The fourth-order valence-electron chi connectivity index (χ4n) is 1.31. The smallest absolute Gasteiger partial charge is 0.269 e. The highest BCUT2D eigenvalue weighted by Gasteiger charge is 2.16. The first-order chi connectivity index (χ1) is 9.72. The van der Waals surface area contributed by atoms with Crippen LogP contribution in [0.1, 0.15) is 13.8 Å². The molecule has 21 heavy (non-hydrogen) atoms. The number of benzene rings is 1. The van der Waals surface area contributed by atoms with Crippen LogP contribution in [0.5, 0.6) is 0 Å². The third-order valence-corrected chi connectivity index (χ3v) is 3.81. The van der Waals surface area contributed by atoms with Crippen LogP contribution in [0.4, 0.5) is 5.69 Å². The second-order valence-corrected chi connectivity index (χ2v) is 6.14. The number of carbonyl (C=O) groups is 1. The fraction of sp³-hybridized carbons (Fsp3) is 0.333. The zero-order chi connectivity index (χ0) is 16.0. The molecule has 0 radical (unpaired) electrons. The van der Waals surface area contributed by atoms with Gasteiger partial charge in [-0.3, -0.25) is 19.9 Å². The molecule has 114 valence electrons. The minimum absolute atomic E-state index is 0.0921. The molecule has 1 aromatic rings. The van der Waals surface area contributed by atoms with Crippen LogP contribution in [0.15, 0.2) is 34.2 Å². The molecule has 0 unspecified atom stereocenters. The summed E-state index contributed by atoms with van der Waals surface area (Å²) in [5.41, 5.74) is 0.513. The number of hydrogen-bond donors (Lipinski definition) is 1. The number of nitrogens with zero attached hydrogens (tertiary/aromatic N) is 2. The summed E-state index contributed by atoms with van der Waals surface area (Å²) in [5.74, 6) is -0.373. The van der Waals surface area contributed by atoms with Gasteiger partial charge in [-0.05, 0) is 26.0 Å². The molecule has 1 N–H and O–H groups in total. The van der Waals surface area contributed by atoms with Gasteiger partial charge in [0.2, 0.25) is 10.0 Å². The van der Waals surface area contributed by atoms with Crippen molar-refractivity contribution in [1.82, 2.24) is 4.72 Å². The number of Topliss-reactive ketones (excluding diaryl/α,β-unsaturated/α-hetero) is 1. The van der Waals surface area contributed by atoms with E-state index in [2.05, 4.69) is 9.71 Å². The van der Waals surface area contributed by atoms with Crippen LogP contribution in [0.25, 0.3) is 0 Å². The fourth-order valence-corrected chi connectivity index (χ4v) is 2.32. The van der Waals surface area contributed by atoms with E-state index in [1.165, 1.54) is 0 Å². The van der Waals surface area contributed by atoms with E-state index in [0.29, 0.717) is 0 Å². The molecular weight excluding hydrogens is 298 g/mol. The van der Waals surface area contributed by atoms with E-state index in [-0.39, 0.29) is 29.5 Å². The van der Waals surface area contributed by atoms with E-state index < -0.39 is 14.9 Å². The van der Waals surface area contributed by atoms with Gasteiger partial charge in [0.25, 0.3) is 5.69 Å². The van der Waals surface area contributed by atoms with E-state index in [4.69, 9.17) is 0 Å². The van der Waals surface area contributed by atoms with Crippen molar-refractivity contribution in [3.05, 3.63) is 34.4 Å². The number of ketones is 1. The van der Waals surface area contributed by atoms with Gasteiger partial charge in [0.05, 0.1) is 22.9 Å². The van der Waals surface area contributed by atoms with Crippen LogP contribution in [0.3, 0.4) is 0 Å². The molecule has 0 saturated heterocycles. The summed E-state index contributed by atoms with van der Waals surface area (Å²) < 4.78 is 25.9. The van der Waals surface area contributed by atoms with Crippen molar-refractivity contribution < 1.29 is 18.1 Å². The molecule has 1 aromatic carbocycles. The third-order valence-electron chi connectivity index (χ3n) is 2.39. The summed E-state index contributed by atoms with van der Waals surface area (Å²) in [7, 11) is -3.88. The van der Waals surface area contributed by atoms with Gasteiger partial charge >= 0.3 is 0 Å². The number of nitrogens with one attached hydrogen (secondary N) is 1. The topological polar surface area (TPSA) is 119 Å². The van der Waals surface area contributed by atoms with E-state index in [1.807, 2.05) is 0 Å². The number of hydrogen-bond acceptors (Lipinski definition) is 6. The quantitative estimate of drug-likeness (QED) is 0.456. The number of rotatable bonds is 7. The number of non-ortho nitro benzene ring substituents is 1. The molecule has 0 amide bonds. The van der Waals surface area contributed by atoms with Crippen molar-refractivity contribution >= 4 is 27.2 Å². The van der Waals surface area contributed by atoms with E-state index in [0.717, 1.165) is 30.0 Å². The Labute approximate surface area is 122 Å². The van der Waals surface area contributed by atoms with Gasteiger partial charge in [-0.15, -0.1) is 0 Å². The normalized spacial score (nSPS) is 11.0. The standard InChI is InChI=1S/C12H15N3O5S/c1-9(2)13-7-11(16)8-14-21(19,20)12-5-3-10(4-6-12)15(17)18/h3-6,14H,7-8H2,1-2H3. The first-order valence-corrected chi connectivity index (χ1v) is 7.44. The molecule has 0 heterocycles. The summed E-state index contributed by atoms with van der Waals surface area (Å²) in [6, 6.07) is 4.39. The molecule has 0 saturated carbocycles. The van der Waals surface area contributed by atoms with Gasteiger partial charge in [-0.25, -0.2) is 13.1 Å². The van der Waals surface area contributed by atoms with Crippen molar-refractivity contribution in [1.29, 1.82) is 0 Å². The molecule has 0 aliphatic heterocycles. The average Bonchev–Trinajstić information content (AvgIpc) is 2.43. The molecule has 0 fully saturated rings. The molecule has 9 heteroatoms. The van der Waals surface area contributed by atoms with Gasteiger partial charge in [-0.1, -0.05) is 0 Å². The number of carbonyl (C=O) groups excluding carboxylic acids is 1. The maximum atomic E-state index is 11.9. The molecule has 0 aliphatic rings. The second-order valence-electron chi connectivity index (χ2n) is 4.38.